The van der Waals surface area contributed by atoms with E-state index in [1.807, 2.05) is 0 Å². The van der Waals surface area contributed by atoms with Gasteiger partial charge in [-0.05, 0) is 25.3 Å². The molecule has 0 aliphatic heterocycles. The first kappa shape index (κ1) is 14.4. The molecular formula is C12H20N4O2. The van der Waals surface area contributed by atoms with Crippen LogP contribution in [-0.2, 0) is 0 Å². The topological polar surface area (TPSA) is 94.1 Å². The lowest BCUT2D eigenvalue weighted by Crippen LogP contribution is -2.30. The van der Waals surface area contributed by atoms with Gasteiger partial charge in [0.25, 0.3) is 5.69 Å². The van der Waals surface area contributed by atoms with E-state index in [2.05, 4.69) is 24.1 Å². The fraction of sp³-hybridized carbons (Fsp3) is 0.583. The van der Waals surface area contributed by atoms with Crippen molar-refractivity contribution in [2.45, 2.75) is 33.2 Å². The summed E-state index contributed by atoms with van der Waals surface area (Å²) < 4.78 is 0. The largest absolute Gasteiger partial charge is 0.366 e. The number of rotatable bonds is 6. The molecule has 0 aromatic carbocycles. The summed E-state index contributed by atoms with van der Waals surface area (Å²) in [7, 11) is 0. The molecule has 0 amide bonds. The highest BCUT2D eigenvalue weighted by Crippen LogP contribution is 2.19. The zero-order valence-electron chi connectivity index (χ0n) is 11.0. The maximum atomic E-state index is 10.7. The normalized spacial score (nSPS) is 12.5. The van der Waals surface area contributed by atoms with Crippen LogP contribution in [0.3, 0.4) is 0 Å². The molecule has 1 unspecified atom stereocenters. The number of pyridine rings is 1. The lowest BCUT2D eigenvalue weighted by Gasteiger charge is -2.19. The average molecular weight is 252 g/mol. The molecule has 6 nitrogen and oxygen atoms in total. The third-order valence-corrected chi connectivity index (χ3v) is 2.65. The smallest absolute Gasteiger partial charge is 0.290 e. The minimum absolute atomic E-state index is 0.0358. The third-order valence-electron chi connectivity index (χ3n) is 2.65. The molecule has 1 heterocycles. The van der Waals surface area contributed by atoms with Crippen molar-refractivity contribution in [1.82, 2.24) is 4.98 Å². The lowest BCUT2D eigenvalue weighted by molar-refractivity contribution is -0.385. The van der Waals surface area contributed by atoms with Crippen LogP contribution in [-0.4, -0.2) is 22.5 Å². The molecule has 100 valence electrons. The molecule has 1 aromatic heterocycles. The summed E-state index contributed by atoms with van der Waals surface area (Å²) in [6.07, 6.45) is 0.939. The first-order valence-electron chi connectivity index (χ1n) is 6.02. The molecule has 0 radical (unpaired) electrons. The Labute approximate surface area is 107 Å². The SMILES string of the molecule is Cc1nc(NC(CN)CC(C)C)ccc1[N+](=O)[O-]. The number of hydrogen-bond donors (Lipinski definition) is 2. The van der Waals surface area contributed by atoms with E-state index in [9.17, 15) is 10.1 Å². The van der Waals surface area contributed by atoms with Gasteiger partial charge in [-0.3, -0.25) is 10.1 Å². The van der Waals surface area contributed by atoms with Gasteiger partial charge in [0.2, 0.25) is 0 Å². The quantitative estimate of drug-likeness (QED) is 0.597. The number of nitrogens with zero attached hydrogens (tertiary/aromatic N) is 2. The number of hydrogen-bond acceptors (Lipinski definition) is 5. The van der Waals surface area contributed by atoms with Gasteiger partial charge in [0.15, 0.2) is 0 Å². The van der Waals surface area contributed by atoms with Gasteiger partial charge in [-0.15, -0.1) is 0 Å². The standard InChI is InChI=1S/C12H20N4O2/c1-8(2)6-10(7-13)15-12-5-4-11(16(17)18)9(3)14-12/h4-5,8,10H,6-7,13H2,1-3H3,(H,14,15). The number of nitrogens with one attached hydrogen (secondary N) is 1. The lowest BCUT2D eigenvalue weighted by atomic mass is 10.0. The molecule has 0 saturated carbocycles. The van der Waals surface area contributed by atoms with Crippen LogP contribution in [0, 0.1) is 23.0 Å². The Morgan fingerprint density at radius 3 is 2.61 bits per heavy atom. The van der Waals surface area contributed by atoms with E-state index >= 15 is 0 Å². The predicted molar refractivity (Wildman–Crippen MR) is 71.5 cm³/mol. The van der Waals surface area contributed by atoms with Crippen molar-refractivity contribution in [2.24, 2.45) is 11.7 Å². The van der Waals surface area contributed by atoms with Crippen LogP contribution < -0.4 is 11.1 Å². The number of anilines is 1. The second-order valence-corrected chi connectivity index (χ2v) is 4.76. The molecule has 0 aliphatic rings. The maximum absolute atomic E-state index is 10.7. The summed E-state index contributed by atoms with van der Waals surface area (Å²) in [5.41, 5.74) is 6.13. The van der Waals surface area contributed by atoms with Crippen LogP contribution in [0.25, 0.3) is 0 Å². The summed E-state index contributed by atoms with van der Waals surface area (Å²) in [6.45, 7) is 6.39. The third kappa shape index (κ3) is 3.96. The highest BCUT2D eigenvalue weighted by Gasteiger charge is 2.14. The molecule has 0 fully saturated rings. The Kier molecular flexibility index (Phi) is 5.03. The first-order valence-corrected chi connectivity index (χ1v) is 6.02. The van der Waals surface area contributed by atoms with E-state index in [4.69, 9.17) is 5.73 Å². The van der Waals surface area contributed by atoms with Gasteiger partial charge in [0, 0.05) is 18.7 Å². The summed E-state index contributed by atoms with van der Waals surface area (Å²) in [5.74, 6) is 1.17. The second kappa shape index (κ2) is 6.30. The van der Waals surface area contributed by atoms with E-state index in [1.165, 1.54) is 6.07 Å². The number of nitrogens with two attached hydrogens (primary N) is 1. The van der Waals surface area contributed by atoms with Crippen molar-refractivity contribution in [1.29, 1.82) is 0 Å². The fourth-order valence-corrected chi connectivity index (χ4v) is 1.82. The molecule has 18 heavy (non-hydrogen) atoms. The maximum Gasteiger partial charge on any atom is 0.290 e. The van der Waals surface area contributed by atoms with Gasteiger partial charge in [-0.25, -0.2) is 4.98 Å². The van der Waals surface area contributed by atoms with Crippen LogP contribution in [0.4, 0.5) is 11.5 Å². The van der Waals surface area contributed by atoms with Gasteiger partial charge in [-0.2, -0.15) is 0 Å². The molecular weight excluding hydrogens is 232 g/mol. The van der Waals surface area contributed by atoms with Gasteiger partial charge < -0.3 is 11.1 Å². The molecule has 1 aromatic rings. The second-order valence-electron chi connectivity index (χ2n) is 4.76. The molecule has 0 spiro atoms. The van der Waals surface area contributed by atoms with Crippen molar-refractivity contribution in [3.8, 4) is 0 Å². The minimum atomic E-state index is -0.430. The Morgan fingerprint density at radius 2 is 2.17 bits per heavy atom. The van der Waals surface area contributed by atoms with Crippen LogP contribution >= 0.6 is 0 Å². The van der Waals surface area contributed by atoms with E-state index < -0.39 is 4.92 Å². The van der Waals surface area contributed by atoms with Crippen molar-refractivity contribution < 1.29 is 4.92 Å². The summed E-state index contributed by atoms with van der Waals surface area (Å²) in [4.78, 5) is 14.4. The Balaban J connectivity index is 2.78. The number of aryl methyl sites for hydroxylation is 1. The highest BCUT2D eigenvalue weighted by atomic mass is 16.6. The molecule has 0 saturated heterocycles. The van der Waals surface area contributed by atoms with Gasteiger partial charge in [-0.1, -0.05) is 13.8 Å². The van der Waals surface area contributed by atoms with Gasteiger partial charge in [0.1, 0.15) is 11.5 Å². The van der Waals surface area contributed by atoms with E-state index in [1.54, 1.807) is 13.0 Å². The Morgan fingerprint density at radius 1 is 1.50 bits per heavy atom. The summed E-state index contributed by atoms with van der Waals surface area (Å²) >= 11 is 0. The minimum Gasteiger partial charge on any atom is -0.366 e. The Hall–Kier alpha value is -1.69. The molecule has 1 atom stereocenters. The summed E-state index contributed by atoms with van der Waals surface area (Å²) in [5, 5.41) is 13.9. The van der Waals surface area contributed by atoms with E-state index in [0.29, 0.717) is 24.0 Å². The molecule has 3 N–H and O–H groups in total. The van der Waals surface area contributed by atoms with Crippen molar-refractivity contribution in [3.05, 3.63) is 27.9 Å². The molecule has 6 heteroatoms. The van der Waals surface area contributed by atoms with Gasteiger partial charge in [0.05, 0.1) is 4.92 Å². The zero-order chi connectivity index (χ0) is 13.7. The zero-order valence-corrected chi connectivity index (χ0v) is 11.0. The molecule has 0 bridgehead atoms. The predicted octanol–water partition coefficient (Wildman–Crippen LogP) is 2.08. The van der Waals surface area contributed by atoms with Crippen LogP contribution in [0.1, 0.15) is 26.0 Å². The van der Waals surface area contributed by atoms with Crippen LogP contribution in [0.2, 0.25) is 0 Å². The van der Waals surface area contributed by atoms with Crippen molar-refractivity contribution in [2.75, 3.05) is 11.9 Å². The summed E-state index contributed by atoms with van der Waals surface area (Å²) in [6, 6.07) is 3.22. The van der Waals surface area contributed by atoms with Gasteiger partial charge >= 0.3 is 0 Å². The monoisotopic (exact) mass is 252 g/mol. The molecule has 1 rings (SSSR count). The number of aromatic nitrogens is 1. The Bertz CT molecular complexity index is 421. The average Bonchev–Trinajstić information content (AvgIpc) is 2.27. The number of nitro groups is 1. The van der Waals surface area contributed by atoms with E-state index in [0.717, 1.165) is 6.42 Å². The van der Waals surface area contributed by atoms with Crippen molar-refractivity contribution >= 4 is 11.5 Å². The van der Waals surface area contributed by atoms with Crippen LogP contribution in [0.15, 0.2) is 12.1 Å². The van der Waals surface area contributed by atoms with Crippen LogP contribution in [0.5, 0.6) is 0 Å². The highest BCUT2D eigenvalue weighted by molar-refractivity contribution is 5.45. The van der Waals surface area contributed by atoms with E-state index in [-0.39, 0.29) is 11.7 Å². The fourth-order valence-electron chi connectivity index (χ4n) is 1.82. The first-order chi connectivity index (χ1) is 8.43. The molecule has 0 aliphatic carbocycles. The van der Waals surface area contributed by atoms with Crippen molar-refractivity contribution in [3.63, 3.8) is 0 Å².